The molecule has 114 valence electrons. The van der Waals surface area contributed by atoms with E-state index in [9.17, 15) is 14.0 Å². The third-order valence-electron chi connectivity index (χ3n) is 2.92. The van der Waals surface area contributed by atoms with E-state index in [1.807, 2.05) is 0 Å². The third-order valence-corrected chi connectivity index (χ3v) is 3.16. The molecule has 0 aliphatic carbocycles. The van der Waals surface area contributed by atoms with E-state index in [-0.39, 0.29) is 24.7 Å². The number of amides is 2. The van der Waals surface area contributed by atoms with Crippen LogP contribution in [0.4, 0.5) is 9.18 Å². The van der Waals surface area contributed by atoms with E-state index in [4.69, 9.17) is 11.6 Å². The van der Waals surface area contributed by atoms with Crippen LogP contribution in [0.5, 0.6) is 0 Å². The number of halogens is 2. The van der Waals surface area contributed by atoms with E-state index in [0.717, 1.165) is 5.56 Å². The van der Waals surface area contributed by atoms with Crippen molar-refractivity contribution in [2.75, 3.05) is 6.54 Å². The Morgan fingerprint density at radius 1 is 1.05 bits per heavy atom. The van der Waals surface area contributed by atoms with Gasteiger partial charge in [-0.05, 0) is 29.8 Å². The van der Waals surface area contributed by atoms with Gasteiger partial charge in [0.2, 0.25) is 0 Å². The zero-order valence-corrected chi connectivity index (χ0v) is 12.4. The molecule has 2 amide bonds. The molecule has 2 N–H and O–H groups in total. The SMILES string of the molecule is O=C(NCC(=O)c1cccc(Cl)c1)NCc1ccc(F)cc1. The van der Waals surface area contributed by atoms with Gasteiger partial charge in [0.25, 0.3) is 0 Å². The van der Waals surface area contributed by atoms with Crippen molar-refractivity contribution in [1.29, 1.82) is 0 Å². The lowest BCUT2D eigenvalue weighted by atomic mass is 10.1. The minimum Gasteiger partial charge on any atom is -0.334 e. The Labute approximate surface area is 132 Å². The van der Waals surface area contributed by atoms with Gasteiger partial charge in [0, 0.05) is 17.1 Å². The Morgan fingerprint density at radius 3 is 2.45 bits per heavy atom. The average Bonchev–Trinajstić information content (AvgIpc) is 2.52. The zero-order valence-electron chi connectivity index (χ0n) is 11.6. The fourth-order valence-electron chi connectivity index (χ4n) is 1.77. The molecule has 0 spiro atoms. The molecule has 0 aliphatic heterocycles. The number of ketones is 1. The number of nitrogens with one attached hydrogen (secondary N) is 2. The average molecular weight is 321 g/mol. The molecule has 6 heteroatoms. The van der Waals surface area contributed by atoms with Crippen LogP contribution in [0.25, 0.3) is 0 Å². The molecule has 0 radical (unpaired) electrons. The second kappa shape index (κ2) is 7.56. The van der Waals surface area contributed by atoms with Crippen LogP contribution in [0.3, 0.4) is 0 Å². The summed E-state index contributed by atoms with van der Waals surface area (Å²) in [6.45, 7) is 0.118. The molecule has 0 saturated carbocycles. The lowest BCUT2D eigenvalue weighted by Gasteiger charge is -2.07. The Kier molecular flexibility index (Phi) is 5.49. The normalized spacial score (nSPS) is 10.1. The lowest BCUT2D eigenvalue weighted by Crippen LogP contribution is -2.38. The van der Waals surface area contributed by atoms with Gasteiger partial charge in [-0.2, -0.15) is 0 Å². The maximum absolute atomic E-state index is 12.7. The van der Waals surface area contributed by atoms with E-state index in [0.29, 0.717) is 10.6 Å². The molecule has 4 nitrogen and oxygen atoms in total. The predicted molar refractivity (Wildman–Crippen MR) is 82.4 cm³/mol. The summed E-state index contributed by atoms with van der Waals surface area (Å²) in [5.74, 6) is -0.570. The topological polar surface area (TPSA) is 58.2 Å². The molecule has 0 saturated heterocycles. The first kappa shape index (κ1) is 16.0. The van der Waals surface area contributed by atoms with Gasteiger partial charge >= 0.3 is 6.03 Å². The van der Waals surface area contributed by atoms with Crippen LogP contribution >= 0.6 is 11.6 Å². The van der Waals surface area contributed by atoms with Gasteiger partial charge in [0.15, 0.2) is 5.78 Å². The van der Waals surface area contributed by atoms with Gasteiger partial charge in [-0.25, -0.2) is 9.18 Å². The van der Waals surface area contributed by atoms with Crippen molar-refractivity contribution in [3.05, 3.63) is 70.5 Å². The first-order valence-corrected chi connectivity index (χ1v) is 6.97. The summed E-state index contributed by atoms with van der Waals surface area (Å²) in [4.78, 5) is 23.5. The maximum atomic E-state index is 12.7. The first-order chi connectivity index (χ1) is 10.5. The Bertz CT molecular complexity index is 674. The van der Waals surface area contributed by atoms with Gasteiger partial charge < -0.3 is 10.6 Å². The summed E-state index contributed by atoms with van der Waals surface area (Å²) in [5, 5.41) is 5.52. The minimum atomic E-state index is -0.472. The molecule has 0 fully saturated rings. The summed E-state index contributed by atoms with van der Waals surface area (Å²) in [5.41, 5.74) is 1.20. The molecule has 0 aromatic heterocycles. The molecule has 22 heavy (non-hydrogen) atoms. The summed E-state index contributed by atoms with van der Waals surface area (Å²) in [7, 11) is 0. The maximum Gasteiger partial charge on any atom is 0.315 e. The number of Topliss-reactive ketones (excluding diaryl/α,β-unsaturated/α-hetero) is 1. The number of benzene rings is 2. The van der Waals surface area contributed by atoms with E-state index in [1.165, 1.54) is 12.1 Å². The monoisotopic (exact) mass is 320 g/mol. The van der Waals surface area contributed by atoms with Crippen molar-refractivity contribution in [2.24, 2.45) is 0 Å². The Balaban J connectivity index is 1.78. The summed E-state index contributed by atoms with van der Waals surface area (Å²) in [6, 6.07) is 11.8. The molecule has 0 aliphatic rings. The quantitative estimate of drug-likeness (QED) is 0.831. The van der Waals surface area contributed by atoms with Crippen molar-refractivity contribution in [3.63, 3.8) is 0 Å². The second-order valence-electron chi connectivity index (χ2n) is 4.60. The zero-order chi connectivity index (χ0) is 15.9. The van der Waals surface area contributed by atoms with Crippen molar-refractivity contribution >= 4 is 23.4 Å². The van der Waals surface area contributed by atoms with Crippen LogP contribution in [-0.4, -0.2) is 18.4 Å². The van der Waals surface area contributed by atoms with Crippen LogP contribution in [0.1, 0.15) is 15.9 Å². The number of hydrogen-bond donors (Lipinski definition) is 2. The number of urea groups is 1. The Hall–Kier alpha value is -2.40. The standard InChI is InChI=1S/C16H14ClFN2O2/c17-13-3-1-2-12(8-13)15(21)10-20-16(22)19-9-11-4-6-14(18)7-5-11/h1-8H,9-10H2,(H2,19,20,22). The molecule has 2 aromatic carbocycles. The Morgan fingerprint density at radius 2 is 1.77 bits per heavy atom. The van der Waals surface area contributed by atoms with E-state index >= 15 is 0 Å². The van der Waals surface area contributed by atoms with E-state index < -0.39 is 6.03 Å². The number of hydrogen-bond acceptors (Lipinski definition) is 2. The van der Waals surface area contributed by atoms with Crippen molar-refractivity contribution in [1.82, 2.24) is 10.6 Å². The molecule has 0 atom stereocenters. The fraction of sp³-hybridized carbons (Fsp3) is 0.125. The predicted octanol–water partition coefficient (Wildman–Crippen LogP) is 3.16. The molecule has 2 rings (SSSR count). The molecule has 2 aromatic rings. The molecule has 0 unspecified atom stereocenters. The fourth-order valence-corrected chi connectivity index (χ4v) is 1.96. The minimum absolute atomic E-state index is 0.129. The number of rotatable bonds is 5. The van der Waals surface area contributed by atoms with Crippen LogP contribution in [0.15, 0.2) is 48.5 Å². The third kappa shape index (κ3) is 4.86. The van der Waals surface area contributed by atoms with E-state index in [2.05, 4.69) is 10.6 Å². The van der Waals surface area contributed by atoms with Crippen molar-refractivity contribution < 1.29 is 14.0 Å². The van der Waals surface area contributed by atoms with E-state index in [1.54, 1.807) is 36.4 Å². The second-order valence-corrected chi connectivity index (χ2v) is 5.03. The van der Waals surface area contributed by atoms with Crippen LogP contribution in [0.2, 0.25) is 5.02 Å². The summed E-state index contributed by atoms with van der Waals surface area (Å²) >= 11 is 5.80. The first-order valence-electron chi connectivity index (χ1n) is 6.59. The molecule has 0 bridgehead atoms. The summed E-state index contributed by atoms with van der Waals surface area (Å²) < 4.78 is 12.7. The molecule has 0 heterocycles. The lowest BCUT2D eigenvalue weighted by molar-refractivity contribution is 0.0992. The highest BCUT2D eigenvalue weighted by Gasteiger charge is 2.08. The van der Waals surface area contributed by atoms with Crippen molar-refractivity contribution in [2.45, 2.75) is 6.54 Å². The van der Waals surface area contributed by atoms with Gasteiger partial charge in [-0.1, -0.05) is 35.9 Å². The largest absolute Gasteiger partial charge is 0.334 e. The highest BCUT2D eigenvalue weighted by Crippen LogP contribution is 2.10. The van der Waals surface area contributed by atoms with Gasteiger partial charge in [0.1, 0.15) is 5.82 Å². The smallest absolute Gasteiger partial charge is 0.315 e. The number of carbonyl (C=O) groups is 2. The van der Waals surface area contributed by atoms with Crippen molar-refractivity contribution in [3.8, 4) is 0 Å². The van der Waals surface area contributed by atoms with Crippen LogP contribution < -0.4 is 10.6 Å². The highest BCUT2D eigenvalue weighted by atomic mass is 35.5. The van der Waals surface area contributed by atoms with Crippen LogP contribution in [-0.2, 0) is 6.54 Å². The van der Waals surface area contributed by atoms with Gasteiger partial charge in [0.05, 0.1) is 6.54 Å². The molecular weight excluding hydrogens is 307 g/mol. The highest BCUT2D eigenvalue weighted by molar-refractivity contribution is 6.31. The van der Waals surface area contributed by atoms with Gasteiger partial charge in [-0.15, -0.1) is 0 Å². The van der Waals surface area contributed by atoms with Crippen LogP contribution in [0, 0.1) is 5.82 Å². The summed E-state index contributed by atoms with van der Waals surface area (Å²) in [6.07, 6.45) is 0. The van der Waals surface area contributed by atoms with Gasteiger partial charge in [-0.3, -0.25) is 4.79 Å². The number of carbonyl (C=O) groups excluding carboxylic acids is 2. The molecular formula is C16H14ClFN2O2.